The monoisotopic (exact) mass is 174 g/mol. The summed E-state index contributed by atoms with van der Waals surface area (Å²) in [5, 5.41) is 0. The van der Waals surface area contributed by atoms with Gasteiger partial charge in [0.05, 0.1) is 6.10 Å². The third-order valence-electron chi connectivity index (χ3n) is 1.62. The molecule has 1 saturated carbocycles. The molecular weight excluding hydrogens is 156 g/mol. The molecule has 12 heavy (non-hydrogen) atoms. The van der Waals surface area contributed by atoms with Gasteiger partial charge in [-0.05, 0) is 20.3 Å². The number of ether oxygens (including phenoxy) is 1. The first-order valence-electron chi connectivity index (χ1n) is 4.67. The van der Waals surface area contributed by atoms with E-state index >= 15 is 0 Å². The molecular formula is C9H18O3. The van der Waals surface area contributed by atoms with Crippen molar-refractivity contribution in [2.45, 2.75) is 51.9 Å². The van der Waals surface area contributed by atoms with E-state index < -0.39 is 0 Å². The van der Waals surface area contributed by atoms with Gasteiger partial charge in [0.25, 0.3) is 0 Å². The summed E-state index contributed by atoms with van der Waals surface area (Å²) in [4.78, 5) is 10.2. The Morgan fingerprint density at radius 3 is 2.42 bits per heavy atom. The first-order chi connectivity index (χ1) is 5.68. The number of hydrogen-bond acceptors (Lipinski definition) is 3. The summed E-state index contributed by atoms with van der Waals surface area (Å²) in [7, 11) is 0. The quantitative estimate of drug-likeness (QED) is 0.351. The van der Waals surface area contributed by atoms with E-state index in [-0.39, 0.29) is 11.9 Å². The van der Waals surface area contributed by atoms with Gasteiger partial charge < -0.3 is 4.74 Å². The van der Waals surface area contributed by atoms with Crippen molar-refractivity contribution in [1.82, 2.24) is 0 Å². The summed E-state index contributed by atoms with van der Waals surface area (Å²) < 4.78 is 5.49. The van der Waals surface area contributed by atoms with Gasteiger partial charge >= 0.3 is 0 Å². The van der Waals surface area contributed by atoms with Crippen LogP contribution in [-0.4, -0.2) is 18.5 Å². The van der Waals surface area contributed by atoms with Crippen LogP contribution in [0, 0.1) is 0 Å². The molecule has 0 N–H and O–H groups in total. The number of rotatable bonds is 6. The molecule has 1 fully saturated rings. The van der Waals surface area contributed by atoms with Crippen molar-refractivity contribution in [1.29, 1.82) is 0 Å². The second-order valence-electron chi connectivity index (χ2n) is 3.49. The van der Waals surface area contributed by atoms with Crippen LogP contribution in [0.5, 0.6) is 0 Å². The molecule has 3 nitrogen and oxygen atoms in total. The van der Waals surface area contributed by atoms with Gasteiger partial charge in [-0.2, -0.15) is 0 Å². The predicted molar refractivity (Wildman–Crippen MR) is 45.5 cm³/mol. The molecule has 72 valence electrons. The summed E-state index contributed by atoms with van der Waals surface area (Å²) in [6.45, 7) is 6.71. The minimum Gasteiger partial charge on any atom is -0.347 e. The van der Waals surface area contributed by atoms with E-state index in [2.05, 4.69) is 6.92 Å². The maximum absolute atomic E-state index is 5.49. The van der Waals surface area contributed by atoms with Gasteiger partial charge in [-0.15, -0.1) is 0 Å². The second-order valence-corrected chi connectivity index (χ2v) is 3.49. The van der Waals surface area contributed by atoms with E-state index in [0.29, 0.717) is 0 Å². The zero-order valence-corrected chi connectivity index (χ0v) is 8.13. The SMILES string of the molecule is CCCOC1(OOC(C)C)CC1. The highest BCUT2D eigenvalue weighted by Gasteiger charge is 2.47. The largest absolute Gasteiger partial charge is 0.347 e. The van der Waals surface area contributed by atoms with Crippen LogP contribution in [0.4, 0.5) is 0 Å². The molecule has 0 aliphatic heterocycles. The Morgan fingerprint density at radius 2 is 2.00 bits per heavy atom. The summed E-state index contributed by atoms with van der Waals surface area (Å²) in [6, 6.07) is 0. The van der Waals surface area contributed by atoms with Crippen molar-refractivity contribution >= 4 is 0 Å². The molecule has 0 heterocycles. The van der Waals surface area contributed by atoms with Crippen LogP contribution < -0.4 is 0 Å². The Balaban J connectivity index is 2.12. The fourth-order valence-corrected chi connectivity index (χ4v) is 0.826. The lowest BCUT2D eigenvalue weighted by Crippen LogP contribution is -2.21. The van der Waals surface area contributed by atoms with Crippen molar-refractivity contribution in [2.75, 3.05) is 6.61 Å². The van der Waals surface area contributed by atoms with E-state index in [1.54, 1.807) is 0 Å². The Morgan fingerprint density at radius 1 is 1.33 bits per heavy atom. The van der Waals surface area contributed by atoms with Crippen LogP contribution in [0.25, 0.3) is 0 Å². The van der Waals surface area contributed by atoms with Crippen LogP contribution >= 0.6 is 0 Å². The molecule has 3 heteroatoms. The Hall–Kier alpha value is -0.120. The highest BCUT2D eigenvalue weighted by atomic mass is 17.2. The van der Waals surface area contributed by atoms with Gasteiger partial charge in [-0.1, -0.05) is 6.92 Å². The third kappa shape index (κ3) is 3.09. The predicted octanol–water partition coefficient (Wildman–Crippen LogP) is 2.26. The molecule has 0 spiro atoms. The second kappa shape index (κ2) is 4.21. The van der Waals surface area contributed by atoms with Gasteiger partial charge in [0.1, 0.15) is 0 Å². The lowest BCUT2D eigenvalue weighted by molar-refractivity contribution is -0.408. The molecule has 0 atom stereocenters. The Kier molecular flexibility index (Phi) is 3.50. The van der Waals surface area contributed by atoms with Crippen molar-refractivity contribution in [2.24, 2.45) is 0 Å². The van der Waals surface area contributed by atoms with Gasteiger partial charge in [-0.25, -0.2) is 9.78 Å². The average Bonchev–Trinajstić information content (AvgIpc) is 2.79. The third-order valence-corrected chi connectivity index (χ3v) is 1.62. The summed E-state index contributed by atoms with van der Waals surface area (Å²) >= 11 is 0. The van der Waals surface area contributed by atoms with Gasteiger partial charge in [0.2, 0.25) is 5.79 Å². The molecule has 0 bridgehead atoms. The van der Waals surface area contributed by atoms with E-state index in [1.807, 2.05) is 13.8 Å². The summed E-state index contributed by atoms with van der Waals surface area (Å²) in [5.41, 5.74) is 0. The van der Waals surface area contributed by atoms with Crippen LogP contribution in [0.3, 0.4) is 0 Å². The van der Waals surface area contributed by atoms with Crippen molar-refractivity contribution in [3.63, 3.8) is 0 Å². The average molecular weight is 174 g/mol. The fourth-order valence-electron chi connectivity index (χ4n) is 0.826. The van der Waals surface area contributed by atoms with Gasteiger partial charge in [0, 0.05) is 19.4 Å². The molecule has 0 amide bonds. The molecule has 0 unspecified atom stereocenters. The lowest BCUT2D eigenvalue weighted by Gasteiger charge is -2.16. The molecule has 0 aromatic rings. The lowest BCUT2D eigenvalue weighted by atomic mass is 10.5. The van der Waals surface area contributed by atoms with Crippen LogP contribution in [0.15, 0.2) is 0 Å². The standard InChI is InChI=1S/C9H18O3/c1-4-7-10-9(5-6-9)12-11-8(2)3/h8H,4-7H2,1-3H3. The molecule has 0 aromatic carbocycles. The van der Waals surface area contributed by atoms with Gasteiger partial charge in [-0.3, -0.25) is 0 Å². The van der Waals surface area contributed by atoms with E-state index in [9.17, 15) is 0 Å². The van der Waals surface area contributed by atoms with Crippen molar-refractivity contribution in [3.05, 3.63) is 0 Å². The van der Waals surface area contributed by atoms with E-state index in [1.165, 1.54) is 0 Å². The normalized spacial score (nSPS) is 20.0. The topological polar surface area (TPSA) is 27.7 Å². The highest BCUT2D eigenvalue weighted by Crippen LogP contribution is 2.41. The highest BCUT2D eigenvalue weighted by molar-refractivity contribution is 4.84. The zero-order valence-electron chi connectivity index (χ0n) is 8.13. The van der Waals surface area contributed by atoms with E-state index in [0.717, 1.165) is 25.9 Å². The molecule has 0 radical (unpaired) electrons. The van der Waals surface area contributed by atoms with Crippen molar-refractivity contribution < 1.29 is 14.5 Å². The zero-order chi connectivity index (χ0) is 9.03. The van der Waals surface area contributed by atoms with Crippen LogP contribution in [-0.2, 0) is 14.5 Å². The molecule has 1 aliphatic rings. The maximum Gasteiger partial charge on any atom is 0.201 e. The molecule has 1 aliphatic carbocycles. The van der Waals surface area contributed by atoms with E-state index in [4.69, 9.17) is 14.5 Å². The first-order valence-corrected chi connectivity index (χ1v) is 4.67. The molecule has 0 aromatic heterocycles. The first kappa shape index (κ1) is 9.96. The molecule has 0 saturated heterocycles. The van der Waals surface area contributed by atoms with Gasteiger partial charge in [0.15, 0.2) is 0 Å². The number of hydrogen-bond donors (Lipinski definition) is 0. The summed E-state index contributed by atoms with van der Waals surface area (Å²) in [5.74, 6) is -0.389. The fraction of sp³-hybridized carbons (Fsp3) is 1.00. The Labute approximate surface area is 73.9 Å². The van der Waals surface area contributed by atoms with Crippen molar-refractivity contribution in [3.8, 4) is 0 Å². The maximum atomic E-state index is 5.49. The minimum atomic E-state index is -0.389. The van der Waals surface area contributed by atoms with Crippen LogP contribution in [0.2, 0.25) is 0 Å². The minimum absolute atomic E-state index is 0.104. The smallest absolute Gasteiger partial charge is 0.201 e. The van der Waals surface area contributed by atoms with Crippen LogP contribution in [0.1, 0.15) is 40.0 Å². The molecule has 1 rings (SSSR count). The summed E-state index contributed by atoms with van der Waals surface area (Å²) in [6.07, 6.45) is 3.04. The Bertz CT molecular complexity index is 130.